The molecule has 0 amide bonds. The predicted molar refractivity (Wildman–Crippen MR) is 117 cm³/mol. The van der Waals surface area contributed by atoms with Gasteiger partial charge >= 0.3 is 6.36 Å². The summed E-state index contributed by atoms with van der Waals surface area (Å²) in [5.74, 6) is -0.242. The van der Waals surface area contributed by atoms with Crippen LogP contribution in [0.2, 0.25) is 0 Å². The van der Waals surface area contributed by atoms with E-state index in [2.05, 4.69) is 40.3 Å². The van der Waals surface area contributed by atoms with E-state index in [0.717, 1.165) is 40.1 Å². The molecule has 4 nitrogen and oxygen atoms in total. The minimum Gasteiger partial charge on any atom is -0.406 e. The summed E-state index contributed by atoms with van der Waals surface area (Å²) in [7, 11) is 0. The van der Waals surface area contributed by atoms with Crippen molar-refractivity contribution in [2.45, 2.75) is 32.7 Å². The standard InChI is InChI=1S/C24H24F3N3O/c1-15-5-3-8-21(16(15)2)23-22(12-19-14-29-13-18(9-10-28)30(19)23)17-6-4-7-20(11-17)31-24(25,26)27/h3-8,11-12,14,18H,9-10,13,28H2,1-2H3. The number of nitrogens with two attached hydrogens (primary N) is 1. The van der Waals surface area contributed by atoms with E-state index in [-0.39, 0.29) is 11.8 Å². The van der Waals surface area contributed by atoms with Gasteiger partial charge in [0, 0.05) is 17.3 Å². The average molecular weight is 427 g/mol. The fourth-order valence-corrected chi connectivity index (χ4v) is 4.16. The first-order valence-corrected chi connectivity index (χ1v) is 10.2. The second-order valence-electron chi connectivity index (χ2n) is 7.75. The molecular weight excluding hydrogens is 403 g/mol. The van der Waals surface area contributed by atoms with Crippen LogP contribution in [0.25, 0.3) is 22.4 Å². The summed E-state index contributed by atoms with van der Waals surface area (Å²) in [4.78, 5) is 4.49. The van der Waals surface area contributed by atoms with E-state index in [1.165, 1.54) is 12.1 Å². The number of nitrogens with zero attached hydrogens (tertiary/aromatic N) is 2. The molecule has 1 aliphatic rings. The summed E-state index contributed by atoms with van der Waals surface area (Å²) in [5, 5.41) is 0. The van der Waals surface area contributed by atoms with E-state index < -0.39 is 6.36 Å². The predicted octanol–water partition coefficient (Wildman–Crippen LogP) is 5.66. The molecular formula is C24H24F3N3O. The van der Waals surface area contributed by atoms with Crippen molar-refractivity contribution in [2.24, 2.45) is 10.7 Å². The van der Waals surface area contributed by atoms with Gasteiger partial charge in [0.1, 0.15) is 5.75 Å². The van der Waals surface area contributed by atoms with Gasteiger partial charge in [0.2, 0.25) is 0 Å². The first kappa shape index (κ1) is 21.2. The van der Waals surface area contributed by atoms with Gasteiger partial charge in [0.25, 0.3) is 0 Å². The highest BCUT2D eigenvalue weighted by Gasteiger charge is 2.31. The van der Waals surface area contributed by atoms with Gasteiger partial charge in [-0.25, -0.2) is 0 Å². The monoisotopic (exact) mass is 427 g/mol. The lowest BCUT2D eigenvalue weighted by Crippen LogP contribution is -2.22. The zero-order valence-electron chi connectivity index (χ0n) is 17.4. The molecule has 1 unspecified atom stereocenters. The van der Waals surface area contributed by atoms with Crippen LogP contribution in [-0.2, 0) is 0 Å². The fourth-order valence-electron chi connectivity index (χ4n) is 4.16. The topological polar surface area (TPSA) is 52.5 Å². The highest BCUT2D eigenvalue weighted by molar-refractivity contribution is 5.91. The minimum absolute atomic E-state index is 0.0864. The average Bonchev–Trinajstić information content (AvgIpc) is 3.10. The van der Waals surface area contributed by atoms with Crippen molar-refractivity contribution in [3.63, 3.8) is 0 Å². The molecule has 0 saturated carbocycles. The quantitative estimate of drug-likeness (QED) is 0.571. The van der Waals surface area contributed by atoms with Gasteiger partial charge in [-0.3, -0.25) is 4.99 Å². The van der Waals surface area contributed by atoms with Gasteiger partial charge in [0.15, 0.2) is 0 Å². The van der Waals surface area contributed by atoms with Gasteiger partial charge in [-0.2, -0.15) is 0 Å². The molecule has 7 heteroatoms. The molecule has 2 aromatic carbocycles. The molecule has 1 aliphatic heterocycles. The molecule has 162 valence electrons. The Morgan fingerprint density at radius 3 is 2.61 bits per heavy atom. The highest BCUT2D eigenvalue weighted by atomic mass is 19.4. The second kappa shape index (κ2) is 8.23. The Balaban J connectivity index is 1.95. The Morgan fingerprint density at radius 2 is 1.87 bits per heavy atom. The summed E-state index contributed by atoms with van der Waals surface area (Å²) >= 11 is 0. The third kappa shape index (κ3) is 4.23. The third-order valence-electron chi connectivity index (χ3n) is 5.71. The van der Waals surface area contributed by atoms with Crippen molar-refractivity contribution in [3.05, 3.63) is 65.4 Å². The lowest BCUT2D eigenvalue weighted by Gasteiger charge is -2.26. The molecule has 31 heavy (non-hydrogen) atoms. The van der Waals surface area contributed by atoms with Crippen LogP contribution in [0.1, 0.15) is 29.3 Å². The van der Waals surface area contributed by atoms with E-state index in [1.54, 1.807) is 12.1 Å². The Morgan fingerprint density at radius 1 is 1.10 bits per heavy atom. The fraction of sp³-hybridized carbons (Fsp3) is 0.292. The summed E-state index contributed by atoms with van der Waals surface area (Å²) in [6, 6.07) is 14.3. The van der Waals surface area contributed by atoms with Crippen molar-refractivity contribution >= 4 is 6.21 Å². The molecule has 0 spiro atoms. The molecule has 0 saturated heterocycles. The second-order valence-corrected chi connectivity index (χ2v) is 7.75. The molecule has 2 heterocycles. The van der Waals surface area contributed by atoms with Gasteiger partial charge in [0.05, 0.1) is 24.0 Å². The molecule has 1 atom stereocenters. The highest BCUT2D eigenvalue weighted by Crippen LogP contribution is 2.41. The summed E-state index contributed by atoms with van der Waals surface area (Å²) in [6.45, 7) is 5.25. The SMILES string of the molecule is Cc1cccc(-c2c(-c3cccc(OC(F)(F)F)c3)cc3n2C(CCN)CN=C3)c1C. The molecule has 0 radical (unpaired) electrons. The van der Waals surface area contributed by atoms with Crippen LogP contribution in [0, 0.1) is 13.8 Å². The first-order valence-electron chi connectivity index (χ1n) is 10.2. The molecule has 1 aromatic heterocycles. The van der Waals surface area contributed by atoms with E-state index in [1.807, 2.05) is 18.3 Å². The maximum absolute atomic E-state index is 12.8. The summed E-state index contributed by atoms with van der Waals surface area (Å²) in [5.41, 5.74) is 12.6. The molecule has 3 aromatic rings. The summed E-state index contributed by atoms with van der Waals surface area (Å²) < 4.78 is 44.7. The number of rotatable bonds is 5. The largest absolute Gasteiger partial charge is 0.573 e. The number of aryl methyl sites for hydroxylation is 1. The zero-order chi connectivity index (χ0) is 22.2. The number of hydrogen-bond acceptors (Lipinski definition) is 3. The van der Waals surface area contributed by atoms with Crippen LogP contribution in [-0.4, -0.2) is 30.2 Å². The van der Waals surface area contributed by atoms with Crippen LogP contribution in [0.4, 0.5) is 13.2 Å². The van der Waals surface area contributed by atoms with Crippen molar-refractivity contribution in [1.29, 1.82) is 0 Å². The number of alkyl halides is 3. The number of halogens is 3. The molecule has 4 rings (SSSR count). The Bertz CT molecular complexity index is 1130. The molecule has 2 N–H and O–H groups in total. The van der Waals surface area contributed by atoms with Crippen molar-refractivity contribution in [3.8, 4) is 28.1 Å². The van der Waals surface area contributed by atoms with E-state index >= 15 is 0 Å². The number of aromatic nitrogens is 1. The number of aliphatic imine (C=N–C) groups is 1. The zero-order valence-corrected chi connectivity index (χ0v) is 17.4. The number of fused-ring (bicyclic) bond motifs is 1. The van der Waals surface area contributed by atoms with Crippen molar-refractivity contribution in [1.82, 2.24) is 4.57 Å². The van der Waals surface area contributed by atoms with Crippen LogP contribution in [0.5, 0.6) is 5.75 Å². The maximum atomic E-state index is 12.8. The smallest absolute Gasteiger partial charge is 0.406 e. The van der Waals surface area contributed by atoms with E-state index in [9.17, 15) is 13.2 Å². The molecule has 0 fully saturated rings. The third-order valence-corrected chi connectivity index (χ3v) is 5.71. The molecule has 0 bridgehead atoms. The Hall–Kier alpha value is -3.06. The Labute approximate surface area is 179 Å². The number of hydrogen-bond donors (Lipinski definition) is 1. The van der Waals surface area contributed by atoms with Crippen LogP contribution in [0.3, 0.4) is 0 Å². The van der Waals surface area contributed by atoms with Crippen LogP contribution >= 0.6 is 0 Å². The van der Waals surface area contributed by atoms with Gasteiger partial charge in [-0.1, -0.05) is 30.3 Å². The van der Waals surface area contributed by atoms with Crippen LogP contribution < -0.4 is 10.5 Å². The minimum atomic E-state index is -4.74. The summed E-state index contributed by atoms with van der Waals surface area (Å²) in [6.07, 6.45) is -2.16. The lowest BCUT2D eigenvalue weighted by atomic mass is 9.95. The van der Waals surface area contributed by atoms with Gasteiger partial charge < -0.3 is 15.0 Å². The number of ether oxygens (including phenoxy) is 1. The maximum Gasteiger partial charge on any atom is 0.573 e. The van der Waals surface area contributed by atoms with Gasteiger partial charge in [-0.05, 0) is 61.7 Å². The van der Waals surface area contributed by atoms with Crippen LogP contribution in [0.15, 0.2) is 53.5 Å². The normalized spacial score (nSPS) is 15.7. The lowest BCUT2D eigenvalue weighted by molar-refractivity contribution is -0.274. The first-order chi connectivity index (χ1) is 14.8. The van der Waals surface area contributed by atoms with Crippen molar-refractivity contribution in [2.75, 3.05) is 13.1 Å². The Kier molecular flexibility index (Phi) is 5.62. The van der Waals surface area contributed by atoms with Crippen molar-refractivity contribution < 1.29 is 17.9 Å². The van der Waals surface area contributed by atoms with E-state index in [4.69, 9.17) is 5.73 Å². The molecule has 0 aliphatic carbocycles. The van der Waals surface area contributed by atoms with E-state index in [0.29, 0.717) is 18.7 Å². The number of benzene rings is 2. The van der Waals surface area contributed by atoms with Gasteiger partial charge in [-0.15, -0.1) is 13.2 Å².